The van der Waals surface area contributed by atoms with Gasteiger partial charge in [-0.15, -0.1) is 0 Å². The Morgan fingerprint density at radius 1 is 1.15 bits per heavy atom. The first-order chi connectivity index (χ1) is 6.17. The minimum atomic E-state index is -0.830. The maximum atomic E-state index is 9.84. The first-order valence-corrected chi connectivity index (χ1v) is 4.37. The SMILES string of the molecule is CC1(O)C=CC=c2ccccc2=C1. The third-order valence-electron chi connectivity index (χ3n) is 2.15. The van der Waals surface area contributed by atoms with E-state index in [1.54, 1.807) is 13.0 Å². The molecule has 66 valence electrons. The van der Waals surface area contributed by atoms with E-state index in [2.05, 4.69) is 0 Å². The highest BCUT2D eigenvalue weighted by atomic mass is 16.3. The van der Waals surface area contributed by atoms with Crippen molar-refractivity contribution in [2.24, 2.45) is 0 Å². The summed E-state index contributed by atoms with van der Waals surface area (Å²) in [6, 6.07) is 8.02. The molecule has 1 heteroatoms. The summed E-state index contributed by atoms with van der Waals surface area (Å²) in [5, 5.41) is 12.1. The van der Waals surface area contributed by atoms with Crippen LogP contribution in [0, 0.1) is 0 Å². The molecule has 1 atom stereocenters. The fourth-order valence-corrected chi connectivity index (χ4v) is 1.50. The highest BCUT2D eigenvalue weighted by molar-refractivity contribution is 5.49. The smallest absolute Gasteiger partial charge is 0.0992 e. The van der Waals surface area contributed by atoms with E-state index in [0.717, 1.165) is 10.4 Å². The van der Waals surface area contributed by atoms with E-state index in [1.807, 2.05) is 42.5 Å². The molecule has 13 heavy (non-hydrogen) atoms. The van der Waals surface area contributed by atoms with E-state index in [9.17, 15) is 5.11 Å². The molecular weight excluding hydrogens is 160 g/mol. The average Bonchev–Trinajstić information content (AvgIpc) is 2.21. The Hall–Kier alpha value is -1.34. The van der Waals surface area contributed by atoms with Gasteiger partial charge in [-0.25, -0.2) is 0 Å². The van der Waals surface area contributed by atoms with Crippen molar-refractivity contribution in [3.8, 4) is 0 Å². The van der Waals surface area contributed by atoms with Crippen LogP contribution in [-0.2, 0) is 0 Å². The number of benzene rings is 1. The standard InChI is InChI=1S/C12H12O/c1-12(13)8-4-7-10-5-2-3-6-11(10)9-12/h2-9,13H,1H3. The molecule has 0 spiro atoms. The Bertz CT molecular complexity index is 452. The van der Waals surface area contributed by atoms with Crippen LogP contribution in [0.3, 0.4) is 0 Å². The second kappa shape index (κ2) is 2.86. The molecule has 0 saturated heterocycles. The summed E-state index contributed by atoms with van der Waals surface area (Å²) in [6.45, 7) is 1.78. The van der Waals surface area contributed by atoms with Crippen LogP contribution in [0.5, 0.6) is 0 Å². The lowest BCUT2D eigenvalue weighted by atomic mass is 10.1. The second-order valence-corrected chi connectivity index (χ2v) is 3.52. The number of hydrogen-bond acceptors (Lipinski definition) is 1. The largest absolute Gasteiger partial charge is 0.382 e. The Morgan fingerprint density at radius 3 is 2.62 bits per heavy atom. The molecule has 1 aromatic rings. The Morgan fingerprint density at radius 2 is 1.85 bits per heavy atom. The van der Waals surface area contributed by atoms with Crippen LogP contribution >= 0.6 is 0 Å². The molecule has 0 saturated carbocycles. The molecule has 1 aliphatic rings. The summed E-state index contributed by atoms with van der Waals surface area (Å²) >= 11 is 0. The molecule has 1 nitrogen and oxygen atoms in total. The lowest BCUT2D eigenvalue weighted by Crippen LogP contribution is -2.28. The van der Waals surface area contributed by atoms with Gasteiger partial charge in [-0.3, -0.25) is 0 Å². The van der Waals surface area contributed by atoms with Gasteiger partial charge in [0.1, 0.15) is 0 Å². The number of fused-ring (bicyclic) bond motifs is 1. The first-order valence-electron chi connectivity index (χ1n) is 4.37. The van der Waals surface area contributed by atoms with Gasteiger partial charge in [0.2, 0.25) is 0 Å². The molecule has 0 amide bonds. The van der Waals surface area contributed by atoms with Crippen LogP contribution in [0.15, 0.2) is 36.4 Å². The van der Waals surface area contributed by atoms with Gasteiger partial charge in [0.05, 0.1) is 5.60 Å². The van der Waals surface area contributed by atoms with Crippen molar-refractivity contribution in [2.45, 2.75) is 12.5 Å². The molecule has 1 aliphatic carbocycles. The van der Waals surface area contributed by atoms with E-state index in [4.69, 9.17) is 0 Å². The molecule has 1 N–H and O–H groups in total. The number of rotatable bonds is 0. The fraction of sp³-hybridized carbons (Fsp3) is 0.167. The van der Waals surface area contributed by atoms with E-state index in [1.165, 1.54) is 0 Å². The zero-order valence-electron chi connectivity index (χ0n) is 7.57. The molecule has 0 aromatic heterocycles. The Balaban J connectivity index is 2.77. The van der Waals surface area contributed by atoms with Crippen LogP contribution in [0.4, 0.5) is 0 Å². The van der Waals surface area contributed by atoms with Crippen molar-refractivity contribution in [3.63, 3.8) is 0 Å². The van der Waals surface area contributed by atoms with Crippen LogP contribution in [-0.4, -0.2) is 10.7 Å². The summed E-state index contributed by atoms with van der Waals surface area (Å²) < 4.78 is 0. The van der Waals surface area contributed by atoms with Gasteiger partial charge < -0.3 is 5.11 Å². The van der Waals surface area contributed by atoms with E-state index in [-0.39, 0.29) is 0 Å². The maximum Gasteiger partial charge on any atom is 0.0992 e. The van der Waals surface area contributed by atoms with E-state index >= 15 is 0 Å². The molecule has 0 aliphatic heterocycles. The van der Waals surface area contributed by atoms with E-state index in [0.29, 0.717) is 0 Å². The summed E-state index contributed by atoms with van der Waals surface area (Å²) in [5.74, 6) is 0. The quantitative estimate of drug-likeness (QED) is 0.606. The minimum absolute atomic E-state index is 0.830. The van der Waals surface area contributed by atoms with Gasteiger partial charge >= 0.3 is 0 Å². The van der Waals surface area contributed by atoms with Crippen molar-refractivity contribution < 1.29 is 5.11 Å². The molecule has 0 heterocycles. The number of hydrogen-bond donors (Lipinski definition) is 1. The normalized spacial score (nSPS) is 25.4. The summed E-state index contributed by atoms with van der Waals surface area (Å²) in [5.41, 5.74) is -0.830. The van der Waals surface area contributed by atoms with Gasteiger partial charge in [0, 0.05) is 0 Å². The third kappa shape index (κ3) is 1.70. The predicted molar refractivity (Wildman–Crippen MR) is 54.4 cm³/mol. The summed E-state index contributed by atoms with van der Waals surface area (Å²) in [7, 11) is 0. The first kappa shape index (κ1) is 8.27. The van der Waals surface area contributed by atoms with Crippen LogP contribution in [0.25, 0.3) is 12.2 Å². The van der Waals surface area contributed by atoms with Crippen LogP contribution < -0.4 is 10.4 Å². The average molecular weight is 172 g/mol. The zero-order chi connectivity index (χ0) is 9.31. The molecular formula is C12H12O. The molecule has 2 rings (SSSR count). The van der Waals surface area contributed by atoms with Crippen LogP contribution in [0.2, 0.25) is 0 Å². The predicted octanol–water partition coefficient (Wildman–Crippen LogP) is 0.568. The molecule has 1 unspecified atom stereocenters. The number of aliphatic hydroxyl groups is 1. The van der Waals surface area contributed by atoms with Crippen molar-refractivity contribution in [2.75, 3.05) is 0 Å². The molecule has 0 bridgehead atoms. The lowest BCUT2D eigenvalue weighted by molar-refractivity contribution is 0.180. The molecule has 0 radical (unpaired) electrons. The van der Waals surface area contributed by atoms with Crippen molar-refractivity contribution in [3.05, 3.63) is 46.9 Å². The number of allylic oxidation sites excluding steroid dienone is 1. The minimum Gasteiger partial charge on any atom is -0.382 e. The highest BCUT2D eigenvalue weighted by Crippen LogP contribution is 2.07. The highest BCUT2D eigenvalue weighted by Gasteiger charge is 2.11. The van der Waals surface area contributed by atoms with Gasteiger partial charge in [-0.2, -0.15) is 0 Å². The monoisotopic (exact) mass is 172 g/mol. The lowest BCUT2D eigenvalue weighted by Gasteiger charge is -2.11. The van der Waals surface area contributed by atoms with Crippen molar-refractivity contribution in [1.29, 1.82) is 0 Å². The van der Waals surface area contributed by atoms with Gasteiger partial charge in [-0.05, 0) is 29.5 Å². The van der Waals surface area contributed by atoms with Gasteiger partial charge in [-0.1, -0.05) is 36.4 Å². The summed E-state index contributed by atoms with van der Waals surface area (Å²) in [4.78, 5) is 0. The van der Waals surface area contributed by atoms with Gasteiger partial charge in [0.25, 0.3) is 0 Å². The topological polar surface area (TPSA) is 20.2 Å². The molecule has 1 aromatic carbocycles. The second-order valence-electron chi connectivity index (χ2n) is 3.52. The molecule has 0 fully saturated rings. The van der Waals surface area contributed by atoms with E-state index < -0.39 is 5.60 Å². The van der Waals surface area contributed by atoms with Crippen molar-refractivity contribution in [1.82, 2.24) is 0 Å². The fourth-order valence-electron chi connectivity index (χ4n) is 1.50. The van der Waals surface area contributed by atoms with Crippen molar-refractivity contribution >= 4 is 12.2 Å². The Kier molecular flexibility index (Phi) is 1.82. The Labute approximate surface area is 77.3 Å². The van der Waals surface area contributed by atoms with Crippen LogP contribution in [0.1, 0.15) is 6.92 Å². The van der Waals surface area contributed by atoms with Gasteiger partial charge in [0.15, 0.2) is 0 Å². The summed E-state index contributed by atoms with van der Waals surface area (Å²) in [6.07, 6.45) is 7.55. The zero-order valence-corrected chi connectivity index (χ0v) is 7.57. The maximum absolute atomic E-state index is 9.84. The third-order valence-corrected chi connectivity index (χ3v) is 2.15.